The van der Waals surface area contributed by atoms with Gasteiger partial charge in [-0.2, -0.15) is 0 Å². The van der Waals surface area contributed by atoms with Crippen molar-refractivity contribution in [1.29, 1.82) is 0 Å². The Labute approximate surface area is 96.7 Å². The summed E-state index contributed by atoms with van der Waals surface area (Å²) in [4.78, 5) is 4.45. The van der Waals surface area contributed by atoms with Crippen LogP contribution in [0.1, 0.15) is 25.0 Å². The number of pyridine rings is 1. The first-order valence-electron chi connectivity index (χ1n) is 6.17. The smallest absolute Gasteiger partial charge is 0.126 e. The molecule has 1 atom stereocenters. The molecule has 0 bridgehead atoms. The van der Waals surface area contributed by atoms with Crippen molar-refractivity contribution in [3.05, 3.63) is 23.9 Å². The fourth-order valence-corrected chi connectivity index (χ4v) is 2.60. The first-order valence-corrected chi connectivity index (χ1v) is 6.17. The van der Waals surface area contributed by atoms with Gasteiger partial charge in [-0.3, -0.25) is 0 Å². The molecule has 1 aliphatic heterocycles. The van der Waals surface area contributed by atoms with Crippen LogP contribution >= 0.6 is 0 Å². The Morgan fingerprint density at radius 2 is 2.38 bits per heavy atom. The Hall–Kier alpha value is -1.09. The van der Waals surface area contributed by atoms with Crippen molar-refractivity contribution in [2.45, 2.75) is 32.2 Å². The van der Waals surface area contributed by atoms with E-state index < -0.39 is 0 Å². The summed E-state index contributed by atoms with van der Waals surface area (Å²) in [5, 5.41) is 7.02. The van der Waals surface area contributed by atoms with E-state index >= 15 is 0 Å². The van der Waals surface area contributed by atoms with Gasteiger partial charge in [-0.15, -0.1) is 0 Å². The van der Waals surface area contributed by atoms with E-state index in [0.29, 0.717) is 11.5 Å². The zero-order valence-corrected chi connectivity index (χ0v) is 9.79. The number of hydrogen-bond acceptors (Lipinski definition) is 3. The summed E-state index contributed by atoms with van der Waals surface area (Å²) in [5.74, 6) is 0.999. The van der Waals surface area contributed by atoms with E-state index in [1.165, 1.54) is 25.8 Å². The predicted octanol–water partition coefficient (Wildman–Crippen LogP) is 1.94. The number of anilines is 1. The van der Waals surface area contributed by atoms with Gasteiger partial charge < -0.3 is 10.6 Å². The van der Waals surface area contributed by atoms with Gasteiger partial charge in [-0.25, -0.2) is 4.98 Å². The van der Waals surface area contributed by atoms with Gasteiger partial charge in [0.2, 0.25) is 0 Å². The van der Waals surface area contributed by atoms with Crippen LogP contribution in [0.4, 0.5) is 5.82 Å². The molecule has 1 saturated carbocycles. The molecule has 2 aliphatic rings. The lowest BCUT2D eigenvalue weighted by Gasteiger charge is -2.12. The van der Waals surface area contributed by atoms with Crippen molar-refractivity contribution in [2.24, 2.45) is 5.41 Å². The highest BCUT2D eigenvalue weighted by Crippen LogP contribution is 2.51. The molecule has 0 aromatic carbocycles. The summed E-state index contributed by atoms with van der Waals surface area (Å²) in [7, 11) is 0. The predicted molar refractivity (Wildman–Crippen MR) is 65.5 cm³/mol. The largest absolute Gasteiger partial charge is 0.369 e. The summed E-state index contributed by atoms with van der Waals surface area (Å²) in [6, 6.07) is 6.74. The molecular formula is C13H19N3. The maximum absolute atomic E-state index is 4.45. The van der Waals surface area contributed by atoms with Crippen LogP contribution in [0.3, 0.4) is 0 Å². The molecule has 16 heavy (non-hydrogen) atoms. The van der Waals surface area contributed by atoms with E-state index in [0.717, 1.165) is 18.1 Å². The Morgan fingerprint density at radius 1 is 1.50 bits per heavy atom. The van der Waals surface area contributed by atoms with E-state index in [9.17, 15) is 0 Å². The van der Waals surface area contributed by atoms with E-state index in [1.54, 1.807) is 0 Å². The first-order chi connectivity index (χ1) is 7.76. The van der Waals surface area contributed by atoms with Crippen molar-refractivity contribution in [3.8, 4) is 0 Å². The van der Waals surface area contributed by atoms with Crippen LogP contribution in [0.25, 0.3) is 0 Å². The zero-order valence-electron chi connectivity index (χ0n) is 9.79. The molecule has 1 aliphatic carbocycles. The summed E-state index contributed by atoms with van der Waals surface area (Å²) >= 11 is 0. The molecule has 0 unspecified atom stereocenters. The van der Waals surface area contributed by atoms with Gasteiger partial charge in [0.15, 0.2) is 0 Å². The van der Waals surface area contributed by atoms with Gasteiger partial charge in [0.25, 0.3) is 0 Å². The van der Waals surface area contributed by atoms with Crippen molar-refractivity contribution < 1.29 is 0 Å². The van der Waals surface area contributed by atoms with E-state index in [-0.39, 0.29) is 0 Å². The van der Waals surface area contributed by atoms with Crippen LogP contribution in [0.15, 0.2) is 18.2 Å². The summed E-state index contributed by atoms with van der Waals surface area (Å²) in [6.07, 6.45) is 4.20. The highest BCUT2D eigenvalue weighted by atomic mass is 15.1. The highest BCUT2D eigenvalue weighted by molar-refractivity contribution is 5.35. The first kappa shape index (κ1) is 10.1. The number of aromatic nitrogens is 1. The number of aryl methyl sites for hydroxylation is 1. The lowest BCUT2D eigenvalue weighted by atomic mass is 10.0. The lowest BCUT2D eigenvalue weighted by molar-refractivity contribution is 0.550. The maximum Gasteiger partial charge on any atom is 0.126 e. The Balaban J connectivity index is 1.53. The van der Waals surface area contributed by atoms with E-state index in [1.807, 2.05) is 19.1 Å². The van der Waals surface area contributed by atoms with Crippen LogP contribution in [0, 0.1) is 12.3 Å². The van der Waals surface area contributed by atoms with Gasteiger partial charge in [0, 0.05) is 24.8 Å². The molecule has 86 valence electrons. The molecule has 0 radical (unpaired) electrons. The molecule has 1 saturated heterocycles. The molecule has 2 heterocycles. The third-order valence-corrected chi connectivity index (χ3v) is 3.82. The number of rotatable bonds is 3. The summed E-state index contributed by atoms with van der Waals surface area (Å²) < 4.78 is 0. The summed E-state index contributed by atoms with van der Waals surface area (Å²) in [5.41, 5.74) is 1.76. The molecule has 3 heteroatoms. The van der Waals surface area contributed by atoms with Crippen LogP contribution in [0.5, 0.6) is 0 Å². The van der Waals surface area contributed by atoms with E-state index in [2.05, 4.69) is 21.7 Å². The number of nitrogens with zero attached hydrogens (tertiary/aromatic N) is 1. The van der Waals surface area contributed by atoms with Gasteiger partial charge in [0.1, 0.15) is 5.82 Å². The van der Waals surface area contributed by atoms with Crippen LogP contribution in [-0.2, 0) is 0 Å². The molecule has 1 aromatic heterocycles. The standard InChI is InChI=1S/C13H19N3/c1-10-3-2-4-12(16-10)14-8-11-7-13(5-6-13)9-15-11/h2-4,11,15H,5-9H2,1H3,(H,14,16)/t11-/m0/s1. The van der Waals surface area contributed by atoms with E-state index in [4.69, 9.17) is 0 Å². The molecule has 2 N–H and O–H groups in total. The van der Waals surface area contributed by atoms with Gasteiger partial charge in [-0.05, 0) is 43.7 Å². The van der Waals surface area contributed by atoms with Crippen LogP contribution in [0.2, 0.25) is 0 Å². The fraction of sp³-hybridized carbons (Fsp3) is 0.615. The molecule has 2 fully saturated rings. The Bertz CT molecular complexity index is 385. The minimum Gasteiger partial charge on any atom is -0.369 e. The minimum absolute atomic E-state index is 0.629. The Kier molecular flexibility index (Phi) is 2.36. The van der Waals surface area contributed by atoms with Gasteiger partial charge in [0.05, 0.1) is 0 Å². The lowest BCUT2D eigenvalue weighted by Crippen LogP contribution is -2.29. The van der Waals surface area contributed by atoms with Crippen molar-refractivity contribution in [3.63, 3.8) is 0 Å². The normalized spacial score (nSPS) is 25.9. The number of nitrogens with one attached hydrogen (secondary N) is 2. The zero-order chi connectivity index (χ0) is 11.0. The molecular weight excluding hydrogens is 198 g/mol. The third-order valence-electron chi connectivity index (χ3n) is 3.82. The van der Waals surface area contributed by atoms with Crippen molar-refractivity contribution >= 4 is 5.82 Å². The molecule has 0 amide bonds. The Morgan fingerprint density at radius 3 is 3.06 bits per heavy atom. The minimum atomic E-state index is 0.629. The van der Waals surface area contributed by atoms with Crippen LogP contribution in [-0.4, -0.2) is 24.1 Å². The highest BCUT2D eigenvalue weighted by Gasteiger charge is 2.47. The fourth-order valence-electron chi connectivity index (χ4n) is 2.60. The average Bonchev–Trinajstić information content (AvgIpc) is 2.88. The monoisotopic (exact) mass is 217 g/mol. The second-order valence-electron chi connectivity index (χ2n) is 5.33. The SMILES string of the molecule is Cc1cccc(NC[C@@H]2CC3(CC3)CN2)n1. The van der Waals surface area contributed by atoms with Crippen molar-refractivity contribution in [2.75, 3.05) is 18.4 Å². The van der Waals surface area contributed by atoms with Gasteiger partial charge >= 0.3 is 0 Å². The molecule has 1 aromatic rings. The second kappa shape index (κ2) is 3.74. The third kappa shape index (κ3) is 2.05. The molecule has 3 rings (SSSR count). The topological polar surface area (TPSA) is 37.0 Å². The van der Waals surface area contributed by atoms with Crippen LogP contribution < -0.4 is 10.6 Å². The molecule has 1 spiro atoms. The quantitative estimate of drug-likeness (QED) is 0.812. The average molecular weight is 217 g/mol. The molecule has 3 nitrogen and oxygen atoms in total. The van der Waals surface area contributed by atoms with Gasteiger partial charge in [-0.1, -0.05) is 6.07 Å². The summed E-state index contributed by atoms with van der Waals surface area (Å²) in [6.45, 7) is 4.25. The maximum atomic E-state index is 4.45. The van der Waals surface area contributed by atoms with Crippen molar-refractivity contribution in [1.82, 2.24) is 10.3 Å². The number of hydrogen-bond donors (Lipinski definition) is 2. The second-order valence-corrected chi connectivity index (χ2v) is 5.33.